The number of rotatable bonds is 3. The fourth-order valence-electron chi connectivity index (χ4n) is 3.09. The van der Waals surface area contributed by atoms with E-state index in [-0.39, 0.29) is 23.1 Å². The van der Waals surface area contributed by atoms with Crippen molar-refractivity contribution in [2.45, 2.75) is 56.2 Å². The maximum absolute atomic E-state index is 12.6. The highest BCUT2D eigenvalue weighted by Crippen LogP contribution is 2.38. The van der Waals surface area contributed by atoms with E-state index in [4.69, 9.17) is 16.3 Å². The summed E-state index contributed by atoms with van der Waals surface area (Å²) in [5, 5.41) is 3.65. The Balaban J connectivity index is 1.87. The van der Waals surface area contributed by atoms with E-state index in [1.807, 2.05) is 13.8 Å². The van der Waals surface area contributed by atoms with Crippen LogP contribution < -0.4 is 14.8 Å². The van der Waals surface area contributed by atoms with Gasteiger partial charge in [0.25, 0.3) is 0 Å². The number of fused-ring (bicyclic) bond motifs is 1. The Bertz CT molecular complexity index is 678. The largest absolute Gasteiger partial charge is 0.489 e. The molecular weight excluding hydrogens is 324 g/mol. The van der Waals surface area contributed by atoms with Gasteiger partial charge in [-0.25, -0.2) is 13.1 Å². The maximum Gasteiger partial charge on any atom is 0.240 e. The number of hydrogen-bond donors (Lipinski definition) is 2. The average molecular weight is 345 g/mol. The van der Waals surface area contributed by atoms with Crippen LogP contribution in [0.3, 0.4) is 0 Å². The fraction of sp³-hybridized carbons (Fsp3) is 0.600. The lowest BCUT2D eigenvalue weighted by Gasteiger charge is -2.30. The minimum absolute atomic E-state index is 0.0287. The normalized spacial score (nSPS) is 28.2. The summed E-state index contributed by atoms with van der Waals surface area (Å²) in [4.78, 5) is 0.215. The SMILES string of the molecule is CC1Cc2cc(S(=O)(=O)NC3CCCNC3C)cc(Cl)c2O1. The molecule has 0 saturated carbocycles. The lowest BCUT2D eigenvalue weighted by Crippen LogP contribution is -2.51. The van der Waals surface area contributed by atoms with Crippen molar-refractivity contribution in [3.05, 3.63) is 22.7 Å². The van der Waals surface area contributed by atoms with Crippen molar-refractivity contribution in [2.75, 3.05) is 6.54 Å². The molecule has 1 aromatic rings. The molecule has 5 nitrogen and oxygen atoms in total. The highest BCUT2D eigenvalue weighted by molar-refractivity contribution is 7.89. The second-order valence-electron chi connectivity index (χ2n) is 6.14. The summed E-state index contributed by atoms with van der Waals surface area (Å²) in [5.74, 6) is 0.612. The smallest absolute Gasteiger partial charge is 0.240 e. The molecule has 3 unspecified atom stereocenters. The first-order chi connectivity index (χ1) is 10.4. The van der Waals surface area contributed by atoms with Gasteiger partial charge in [-0.3, -0.25) is 0 Å². The number of hydrogen-bond acceptors (Lipinski definition) is 4. The summed E-state index contributed by atoms with van der Waals surface area (Å²) in [5.41, 5.74) is 0.857. The van der Waals surface area contributed by atoms with Gasteiger partial charge in [0.05, 0.1) is 9.92 Å². The Morgan fingerprint density at radius 1 is 1.36 bits per heavy atom. The Hall–Kier alpha value is -0.820. The highest BCUT2D eigenvalue weighted by Gasteiger charge is 2.29. The molecule has 0 spiro atoms. The molecule has 0 bridgehead atoms. The zero-order valence-electron chi connectivity index (χ0n) is 12.7. The number of ether oxygens (including phenoxy) is 1. The predicted molar refractivity (Wildman–Crippen MR) is 86.1 cm³/mol. The quantitative estimate of drug-likeness (QED) is 0.881. The standard InChI is InChI=1S/C15H21ClN2O3S/c1-9-6-11-7-12(8-13(16)15(11)21-9)22(19,20)18-14-4-3-5-17-10(14)2/h7-10,14,17-18H,3-6H2,1-2H3. The van der Waals surface area contributed by atoms with Crippen LogP contribution in [0.2, 0.25) is 5.02 Å². The van der Waals surface area contributed by atoms with E-state index in [0.29, 0.717) is 17.2 Å². The minimum Gasteiger partial charge on any atom is -0.489 e. The van der Waals surface area contributed by atoms with Crippen molar-refractivity contribution in [2.24, 2.45) is 0 Å². The first-order valence-electron chi connectivity index (χ1n) is 7.61. The van der Waals surface area contributed by atoms with Crippen LogP contribution in [0, 0.1) is 0 Å². The van der Waals surface area contributed by atoms with Crippen LogP contribution in [0.4, 0.5) is 0 Å². The highest BCUT2D eigenvalue weighted by atomic mass is 35.5. The molecule has 2 N–H and O–H groups in total. The minimum atomic E-state index is -3.58. The van der Waals surface area contributed by atoms with Crippen LogP contribution in [0.1, 0.15) is 32.3 Å². The molecule has 3 atom stereocenters. The predicted octanol–water partition coefficient (Wildman–Crippen LogP) is 2.08. The molecule has 0 aliphatic carbocycles. The van der Waals surface area contributed by atoms with Crippen molar-refractivity contribution in [1.29, 1.82) is 0 Å². The molecule has 0 aromatic heterocycles. The van der Waals surface area contributed by atoms with E-state index in [1.54, 1.807) is 6.07 Å². The molecule has 2 aliphatic rings. The maximum atomic E-state index is 12.6. The van der Waals surface area contributed by atoms with Crippen LogP contribution in [0.25, 0.3) is 0 Å². The van der Waals surface area contributed by atoms with Crippen LogP contribution in [0.15, 0.2) is 17.0 Å². The van der Waals surface area contributed by atoms with Gasteiger partial charge >= 0.3 is 0 Å². The van der Waals surface area contributed by atoms with Gasteiger partial charge in [0, 0.05) is 24.1 Å². The third-order valence-corrected chi connectivity index (χ3v) is 6.05. The third-order valence-electron chi connectivity index (χ3n) is 4.30. The molecule has 1 saturated heterocycles. The van der Waals surface area contributed by atoms with E-state index in [0.717, 1.165) is 24.9 Å². The second kappa shape index (κ2) is 6.00. The van der Waals surface area contributed by atoms with Crippen molar-refractivity contribution >= 4 is 21.6 Å². The van der Waals surface area contributed by atoms with Crippen LogP contribution in [-0.2, 0) is 16.4 Å². The van der Waals surface area contributed by atoms with Gasteiger partial charge in [-0.1, -0.05) is 11.6 Å². The lowest BCUT2D eigenvalue weighted by atomic mass is 10.0. The Kier molecular flexibility index (Phi) is 4.38. The number of benzene rings is 1. The van der Waals surface area contributed by atoms with Gasteiger partial charge in [-0.2, -0.15) is 0 Å². The van der Waals surface area contributed by atoms with Crippen LogP contribution >= 0.6 is 11.6 Å². The van der Waals surface area contributed by atoms with Gasteiger partial charge in [-0.15, -0.1) is 0 Å². The lowest BCUT2D eigenvalue weighted by molar-refractivity contribution is 0.255. The molecule has 2 aliphatic heterocycles. The first-order valence-corrected chi connectivity index (χ1v) is 9.48. The third kappa shape index (κ3) is 3.11. The summed E-state index contributed by atoms with van der Waals surface area (Å²) < 4.78 is 33.7. The molecule has 7 heteroatoms. The van der Waals surface area contributed by atoms with Crippen molar-refractivity contribution in [3.8, 4) is 5.75 Å². The van der Waals surface area contributed by atoms with E-state index >= 15 is 0 Å². The Labute approximate surface area is 136 Å². The molecule has 122 valence electrons. The van der Waals surface area contributed by atoms with Gasteiger partial charge in [0.15, 0.2) is 0 Å². The molecule has 1 aromatic carbocycles. The molecule has 2 heterocycles. The van der Waals surface area contributed by atoms with E-state index in [2.05, 4.69) is 10.0 Å². The van der Waals surface area contributed by atoms with Crippen LogP contribution in [-0.4, -0.2) is 33.2 Å². The number of halogens is 1. The van der Waals surface area contributed by atoms with E-state index < -0.39 is 10.0 Å². The van der Waals surface area contributed by atoms with Crippen molar-refractivity contribution in [3.63, 3.8) is 0 Å². The zero-order chi connectivity index (χ0) is 15.9. The summed E-state index contributed by atoms with van der Waals surface area (Å²) in [6.07, 6.45) is 2.51. The number of piperidine rings is 1. The Morgan fingerprint density at radius 3 is 2.86 bits per heavy atom. The number of sulfonamides is 1. The average Bonchev–Trinajstić information content (AvgIpc) is 2.82. The fourth-order valence-corrected chi connectivity index (χ4v) is 4.86. The summed E-state index contributed by atoms with van der Waals surface area (Å²) in [6, 6.07) is 3.17. The number of nitrogens with one attached hydrogen (secondary N) is 2. The summed E-state index contributed by atoms with van der Waals surface area (Å²) >= 11 is 6.19. The van der Waals surface area contributed by atoms with Gasteiger partial charge in [0.1, 0.15) is 11.9 Å². The molecule has 22 heavy (non-hydrogen) atoms. The first kappa shape index (κ1) is 16.1. The van der Waals surface area contributed by atoms with Gasteiger partial charge in [-0.05, 0) is 45.4 Å². The van der Waals surface area contributed by atoms with Crippen molar-refractivity contribution in [1.82, 2.24) is 10.0 Å². The monoisotopic (exact) mass is 344 g/mol. The molecule has 1 fully saturated rings. The van der Waals surface area contributed by atoms with Crippen LogP contribution in [0.5, 0.6) is 5.75 Å². The van der Waals surface area contributed by atoms with Gasteiger partial charge in [0.2, 0.25) is 10.0 Å². The van der Waals surface area contributed by atoms with Crippen molar-refractivity contribution < 1.29 is 13.2 Å². The van der Waals surface area contributed by atoms with Gasteiger partial charge < -0.3 is 10.1 Å². The Morgan fingerprint density at radius 2 is 2.14 bits per heavy atom. The molecular formula is C15H21ClN2O3S. The topological polar surface area (TPSA) is 67.4 Å². The van der Waals surface area contributed by atoms with E-state index in [1.165, 1.54) is 6.07 Å². The molecule has 0 amide bonds. The zero-order valence-corrected chi connectivity index (χ0v) is 14.3. The molecule has 3 rings (SSSR count). The summed E-state index contributed by atoms with van der Waals surface area (Å²) in [7, 11) is -3.58. The van der Waals surface area contributed by atoms with E-state index in [9.17, 15) is 8.42 Å². The summed E-state index contributed by atoms with van der Waals surface area (Å²) in [6.45, 7) is 4.87. The second-order valence-corrected chi connectivity index (χ2v) is 8.26. The molecule has 0 radical (unpaired) electrons.